The number of hydrogen-bond donors (Lipinski definition) is 1. The second kappa shape index (κ2) is 6.80. The van der Waals surface area contributed by atoms with Crippen LogP contribution < -0.4 is 5.32 Å². The topological polar surface area (TPSA) is 68.0 Å². The number of hydrogen-bond acceptors (Lipinski definition) is 4. The molecule has 25 heavy (non-hydrogen) atoms. The maximum Gasteiger partial charge on any atom is 0.322 e. The number of aromatic nitrogens is 2. The molecule has 0 radical (unpaired) electrons. The maximum atomic E-state index is 13.7. The number of halogens is 2. The van der Waals surface area contributed by atoms with Gasteiger partial charge in [-0.15, -0.1) is 5.10 Å². The number of anilines is 1. The fourth-order valence-electron chi connectivity index (χ4n) is 2.43. The monoisotopic (exact) mass is 343 g/mol. The van der Waals surface area contributed by atoms with Crippen LogP contribution in [0.2, 0.25) is 0 Å². The summed E-state index contributed by atoms with van der Waals surface area (Å²) in [6, 6.07) is 8.66. The standard InChI is InChI=1S/C18H15F2N3O2/c1-10-3-4-12(11(2)7-10)8-16(24)21-18-23-22-17(25-18)14-6-5-13(19)9-15(14)20/h3-7,9H,8H2,1-2H3,(H,21,23,24). The molecule has 0 unspecified atom stereocenters. The highest BCUT2D eigenvalue weighted by atomic mass is 19.1. The Balaban J connectivity index is 1.71. The molecule has 2 aromatic carbocycles. The maximum absolute atomic E-state index is 13.7. The Morgan fingerprint density at radius 2 is 1.92 bits per heavy atom. The summed E-state index contributed by atoms with van der Waals surface area (Å²) in [7, 11) is 0. The van der Waals surface area contributed by atoms with Crippen LogP contribution in [0.15, 0.2) is 40.8 Å². The van der Waals surface area contributed by atoms with Crippen LogP contribution in [0.4, 0.5) is 14.8 Å². The Morgan fingerprint density at radius 3 is 2.64 bits per heavy atom. The highest BCUT2D eigenvalue weighted by Crippen LogP contribution is 2.23. The first-order valence-electron chi connectivity index (χ1n) is 7.57. The van der Waals surface area contributed by atoms with E-state index in [1.807, 2.05) is 32.0 Å². The molecule has 0 atom stereocenters. The van der Waals surface area contributed by atoms with Gasteiger partial charge in [0, 0.05) is 6.07 Å². The zero-order valence-corrected chi connectivity index (χ0v) is 13.6. The van der Waals surface area contributed by atoms with E-state index in [-0.39, 0.29) is 29.8 Å². The lowest BCUT2D eigenvalue weighted by Gasteiger charge is -2.06. The average molecular weight is 343 g/mol. The molecule has 0 spiro atoms. The molecule has 1 N–H and O–H groups in total. The van der Waals surface area contributed by atoms with E-state index in [2.05, 4.69) is 15.5 Å². The highest BCUT2D eigenvalue weighted by molar-refractivity contribution is 5.90. The van der Waals surface area contributed by atoms with Gasteiger partial charge < -0.3 is 4.42 Å². The molecular formula is C18H15F2N3O2. The van der Waals surface area contributed by atoms with E-state index in [1.165, 1.54) is 6.07 Å². The van der Waals surface area contributed by atoms with Gasteiger partial charge in [0.1, 0.15) is 11.6 Å². The van der Waals surface area contributed by atoms with Gasteiger partial charge in [-0.3, -0.25) is 10.1 Å². The summed E-state index contributed by atoms with van der Waals surface area (Å²) in [5.41, 5.74) is 2.97. The van der Waals surface area contributed by atoms with E-state index >= 15 is 0 Å². The van der Waals surface area contributed by atoms with Crippen molar-refractivity contribution in [1.82, 2.24) is 10.2 Å². The van der Waals surface area contributed by atoms with Crippen LogP contribution in [0, 0.1) is 25.5 Å². The Labute approximate surface area is 142 Å². The summed E-state index contributed by atoms with van der Waals surface area (Å²) >= 11 is 0. The summed E-state index contributed by atoms with van der Waals surface area (Å²) in [5, 5.41) is 9.82. The van der Waals surface area contributed by atoms with Gasteiger partial charge in [-0.05, 0) is 37.1 Å². The van der Waals surface area contributed by atoms with Crippen LogP contribution >= 0.6 is 0 Å². The first-order chi connectivity index (χ1) is 11.9. The minimum absolute atomic E-state index is 0.0382. The smallest absolute Gasteiger partial charge is 0.322 e. The fraction of sp³-hybridized carbons (Fsp3) is 0.167. The van der Waals surface area contributed by atoms with Crippen molar-refractivity contribution in [3.63, 3.8) is 0 Å². The van der Waals surface area contributed by atoms with Crippen molar-refractivity contribution in [3.8, 4) is 11.5 Å². The lowest BCUT2D eigenvalue weighted by molar-refractivity contribution is -0.115. The fourth-order valence-corrected chi connectivity index (χ4v) is 2.43. The van der Waals surface area contributed by atoms with E-state index < -0.39 is 11.6 Å². The SMILES string of the molecule is Cc1ccc(CC(=O)Nc2nnc(-c3ccc(F)cc3F)o2)c(C)c1. The molecule has 0 aliphatic rings. The molecule has 0 bridgehead atoms. The number of aryl methyl sites for hydroxylation is 2. The van der Waals surface area contributed by atoms with Gasteiger partial charge in [-0.2, -0.15) is 0 Å². The molecule has 1 aromatic heterocycles. The average Bonchev–Trinajstić information content (AvgIpc) is 2.98. The van der Waals surface area contributed by atoms with Gasteiger partial charge in [0.05, 0.1) is 12.0 Å². The molecule has 0 saturated heterocycles. The molecule has 0 aliphatic heterocycles. The second-order valence-electron chi connectivity index (χ2n) is 5.69. The first-order valence-corrected chi connectivity index (χ1v) is 7.57. The van der Waals surface area contributed by atoms with Gasteiger partial charge in [0.15, 0.2) is 0 Å². The Bertz CT molecular complexity index is 938. The Kier molecular flexibility index (Phi) is 4.56. The predicted octanol–water partition coefficient (Wildman–Crippen LogP) is 3.81. The normalized spacial score (nSPS) is 10.7. The van der Waals surface area contributed by atoms with Gasteiger partial charge in [-0.25, -0.2) is 8.78 Å². The van der Waals surface area contributed by atoms with Crippen molar-refractivity contribution in [3.05, 3.63) is 64.7 Å². The van der Waals surface area contributed by atoms with E-state index in [0.717, 1.165) is 28.8 Å². The molecule has 0 saturated carbocycles. The summed E-state index contributed by atoms with van der Waals surface area (Å²) in [4.78, 5) is 12.1. The number of rotatable bonds is 4. The summed E-state index contributed by atoms with van der Waals surface area (Å²) in [6.45, 7) is 3.91. The zero-order chi connectivity index (χ0) is 18.0. The van der Waals surface area contributed by atoms with Crippen LogP contribution in [0.5, 0.6) is 0 Å². The quantitative estimate of drug-likeness (QED) is 0.782. The van der Waals surface area contributed by atoms with Crippen molar-refractivity contribution >= 4 is 11.9 Å². The Hall–Kier alpha value is -3.09. The molecule has 1 amide bonds. The Morgan fingerprint density at radius 1 is 1.12 bits per heavy atom. The van der Waals surface area contributed by atoms with E-state index in [4.69, 9.17) is 4.42 Å². The van der Waals surface area contributed by atoms with Crippen molar-refractivity contribution in [2.24, 2.45) is 0 Å². The summed E-state index contributed by atoms with van der Waals surface area (Å²) in [5.74, 6) is -2.00. The third kappa shape index (κ3) is 3.88. The van der Waals surface area contributed by atoms with Crippen LogP contribution in [-0.2, 0) is 11.2 Å². The predicted molar refractivity (Wildman–Crippen MR) is 87.9 cm³/mol. The first kappa shape index (κ1) is 16.8. The molecule has 0 aliphatic carbocycles. The van der Waals surface area contributed by atoms with Crippen LogP contribution in [-0.4, -0.2) is 16.1 Å². The number of benzene rings is 2. The van der Waals surface area contributed by atoms with Crippen LogP contribution in [0.3, 0.4) is 0 Å². The van der Waals surface area contributed by atoms with Gasteiger partial charge in [-0.1, -0.05) is 28.9 Å². The third-order valence-electron chi connectivity index (χ3n) is 3.68. The lowest BCUT2D eigenvalue weighted by Crippen LogP contribution is -2.15. The second-order valence-corrected chi connectivity index (χ2v) is 5.69. The van der Waals surface area contributed by atoms with Gasteiger partial charge in [0.25, 0.3) is 5.89 Å². The molecule has 1 heterocycles. The molecule has 128 valence electrons. The lowest BCUT2D eigenvalue weighted by atomic mass is 10.0. The largest absolute Gasteiger partial charge is 0.403 e. The number of carbonyl (C=O) groups excluding carboxylic acids is 1. The number of amides is 1. The third-order valence-corrected chi connectivity index (χ3v) is 3.68. The molecule has 0 fully saturated rings. The van der Waals surface area contributed by atoms with Crippen molar-refractivity contribution < 1.29 is 18.0 Å². The van der Waals surface area contributed by atoms with E-state index in [0.29, 0.717) is 0 Å². The molecule has 3 rings (SSSR count). The van der Waals surface area contributed by atoms with Gasteiger partial charge in [0.2, 0.25) is 5.91 Å². The van der Waals surface area contributed by atoms with Crippen LogP contribution in [0.1, 0.15) is 16.7 Å². The molecule has 5 nitrogen and oxygen atoms in total. The summed E-state index contributed by atoms with van der Waals surface area (Å²) in [6.07, 6.45) is 0.148. The van der Waals surface area contributed by atoms with Crippen LogP contribution in [0.25, 0.3) is 11.5 Å². The van der Waals surface area contributed by atoms with Gasteiger partial charge >= 0.3 is 6.01 Å². The highest BCUT2D eigenvalue weighted by Gasteiger charge is 2.15. The minimum atomic E-state index is -0.822. The zero-order valence-electron chi connectivity index (χ0n) is 13.6. The summed E-state index contributed by atoms with van der Waals surface area (Å²) < 4.78 is 31.9. The van der Waals surface area contributed by atoms with Crippen molar-refractivity contribution in [2.75, 3.05) is 5.32 Å². The van der Waals surface area contributed by atoms with Crippen molar-refractivity contribution in [2.45, 2.75) is 20.3 Å². The number of carbonyl (C=O) groups is 1. The number of nitrogens with one attached hydrogen (secondary N) is 1. The van der Waals surface area contributed by atoms with E-state index in [9.17, 15) is 13.6 Å². The molecule has 3 aromatic rings. The molecule has 7 heteroatoms. The van der Waals surface area contributed by atoms with Crippen molar-refractivity contribution in [1.29, 1.82) is 0 Å². The minimum Gasteiger partial charge on any atom is -0.403 e. The number of nitrogens with zero attached hydrogens (tertiary/aromatic N) is 2. The van der Waals surface area contributed by atoms with E-state index in [1.54, 1.807) is 0 Å². The molecular weight excluding hydrogens is 328 g/mol.